The molecular formula is C14H21N3O3. The Hall–Kier alpha value is -1.63. The average molecular weight is 279 g/mol. The SMILES string of the molecule is CN1CCN(c2ccc(C(O)C(O)C(N)=O)cc2)CC1. The second kappa shape index (κ2) is 6.21. The highest BCUT2D eigenvalue weighted by molar-refractivity contribution is 5.79. The average Bonchev–Trinajstić information content (AvgIpc) is 2.46. The molecule has 6 heteroatoms. The number of aliphatic hydroxyl groups excluding tert-OH is 2. The number of primary amides is 1. The molecule has 0 saturated carbocycles. The molecule has 1 amide bonds. The maximum Gasteiger partial charge on any atom is 0.249 e. The summed E-state index contributed by atoms with van der Waals surface area (Å²) in [5.41, 5.74) is 6.52. The largest absolute Gasteiger partial charge is 0.385 e. The fraction of sp³-hybridized carbons (Fsp3) is 0.500. The van der Waals surface area contributed by atoms with Gasteiger partial charge in [0.15, 0.2) is 6.10 Å². The van der Waals surface area contributed by atoms with Crippen LogP contribution in [-0.2, 0) is 4.79 Å². The van der Waals surface area contributed by atoms with E-state index in [2.05, 4.69) is 16.8 Å². The van der Waals surface area contributed by atoms with Gasteiger partial charge in [-0.05, 0) is 24.7 Å². The molecule has 1 aromatic rings. The Morgan fingerprint density at radius 2 is 1.70 bits per heavy atom. The molecule has 0 aliphatic carbocycles. The number of nitrogens with two attached hydrogens (primary N) is 1. The van der Waals surface area contributed by atoms with Crippen LogP contribution in [0.5, 0.6) is 0 Å². The lowest BCUT2D eigenvalue weighted by Crippen LogP contribution is -2.44. The minimum Gasteiger partial charge on any atom is -0.385 e. The molecule has 0 spiro atoms. The Morgan fingerprint density at radius 1 is 1.15 bits per heavy atom. The number of amides is 1. The van der Waals surface area contributed by atoms with Gasteiger partial charge in [0.1, 0.15) is 6.10 Å². The van der Waals surface area contributed by atoms with Crippen molar-refractivity contribution in [2.75, 3.05) is 38.1 Å². The van der Waals surface area contributed by atoms with Gasteiger partial charge in [-0.25, -0.2) is 0 Å². The minimum atomic E-state index is -1.58. The predicted molar refractivity (Wildman–Crippen MR) is 76.3 cm³/mol. The van der Waals surface area contributed by atoms with E-state index in [4.69, 9.17) is 5.73 Å². The molecule has 2 unspecified atom stereocenters. The first-order chi connectivity index (χ1) is 9.49. The number of carbonyl (C=O) groups excluding carboxylic acids is 1. The zero-order valence-corrected chi connectivity index (χ0v) is 11.6. The van der Waals surface area contributed by atoms with Gasteiger partial charge < -0.3 is 25.7 Å². The number of hydrogen-bond donors (Lipinski definition) is 3. The van der Waals surface area contributed by atoms with Crippen LogP contribution in [0, 0.1) is 0 Å². The van der Waals surface area contributed by atoms with Crippen LogP contribution in [0.2, 0.25) is 0 Å². The molecule has 0 aromatic heterocycles. The van der Waals surface area contributed by atoms with Gasteiger partial charge in [-0.3, -0.25) is 4.79 Å². The Balaban J connectivity index is 2.04. The Labute approximate surface area is 118 Å². The summed E-state index contributed by atoms with van der Waals surface area (Å²) in [4.78, 5) is 15.4. The Kier molecular flexibility index (Phi) is 4.59. The number of rotatable bonds is 4. The van der Waals surface area contributed by atoms with Gasteiger partial charge in [-0.15, -0.1) is 0 Å². The maximum absolute atomic E-state index is 10.9. The van der Waals surface area contributed by atoms with E-state index in [0.29, 0.717) is 5.56 Å². The number of likely N-dealkylation sites (N-methyl/N-ethyl adjacent to an activating group) is 1. The van der Waals surface area contributed by atoms with Crippen molar-refractivity contribution in [1.82, 2.24) is 4.90 Å². The van der Waals surface area contributed by atoms with E-state index in [1.807, 2.05) is 12.1 Å². The molecule has 2 atom stereocenters. The fourth-order valence-corrected chi connectivity index (χ4v) is 2.28. The highest BCUT2D eigenvalue weighted by Gasteiger charge is 2.23. The van der Waals surface area contributed by atoms with Crippen molar-refractivity contribution in [2.45, 2.75) is 12.2 Å². The topological polar surface area (TPSA) is 90.0 Å². The zero-order chi connectivity index (χ0) is 14.7. The molecule has 4 N–H and O–H groups in total. The molecule has 1 aliphatic rings. The lowest BCUT2D eigenvalue weighted by atomic mass is 10.0. The number of carbonyl (C=O) groups is 1. The van der Waals surface area contributed by atoms with Crippen LogP contribution < -0.4 is 10.6 Å². The molecule has 1 aliphatic heterocycles. The van der Waals surface area contributed by atoms with E-state index < -0.39 is 18.1 Å². The summed E-state index contributed by atoms with van der Waals surface area (Å²) >= 11 is 0. The summed E-state index contributed by atoms with van der Waals surface area (Å²) in [5, 5.41) is 19.3. The van der Waals surface area contributed by atoms with Gasteiger partial charge in [0.2, 0.25) is 5.91 Å². The van der Waals surface area contributed by atoms with Gasteiger partial charge in [0.05, 0.1) is 0 Å². The van der Waals surface area contributed by atoms with Crippen LogP contribution in [0.3, 0.4) is 0 Å². The van der Waals surface area contributed by atoms with Crippen molar-refractivity contribution in [1.29, 1.82) is 0 Å². The summed E-state index contributed by atoms with van der Waals surface area (Å²) in [5.74, 6) is -0.930. The monoisotopic (exact) mass is 279 g/mol. The summed E-state index contributed by atoms with van der Waals surface area (Å²) in [6.07, 6.45) is -2.86. The molecule has 20 heavy (non-hydrogen) atoms. The molecule has 0 radical (unpaired) electrons. The smallest absolute Gasteiger partial charge is 0.249 e. The van der Waals surface area contributed by atoms with E-state index in [1.165, 1.54) is 0 Å². The minimum absolute atomic E-state index is 0.481. The summed E-state index contributed by atoms with van der Waals surface area (Å²) in [6, 6.07) is 7.20. The second-order valence-corrected chi connectivity index (χ2v) is 5.17. The number of benzene rings is 1. The van der Waals surface area contributed by atoms with Gasteiger partial charge in [0, 0.05) is 31.9 Å². The first kappa shape index (κ1) is 14.8. The normalized spacial score (nSPS) is 19.6. The standard InChI is InChI=1S/C14H21N3O3/c1-16-6-8-17(9-7-16)11-4-2-10(3-5-11)12(18)13(19)14(15)20/h2-5,12-13,18-19H,6-9H2,1H3,(H2,15,20). The first-order valence-electron chi connectivity index (χ1n) is 6.68. The van der Waals surface area contributed by atoms with Crippen molar-refractivity contribution in [2.24, 2.45) is 5.73 Å². The highest BCUT2D eigenvalue weighted by atomic mass is 16.3. The van der Waals surface area contributed by atoms with E-state index in [-0.39, 0.29) is 0 Å². The third-order valence-corrected chi connectivity index (χ3v) is 3.69. The molecule has 1 saturated heterocycles. The lowest BCUT2D eigenvalue weighted by Gasteiger charge is -2.34. The van der Waals surface area contributed by atoms with Crippen LogP contribution >= 0.6 is 0 Å². The molecule has 1 fully saturated rings. The highest BCUT2D eigenvalue weighted by Crippen LogP contribution is 2.22. The van der Waals surface area contributed by atoms with Crippen molar-refractivity contribution in [3.8, 4) is 0 Å². The van der Waals surface area contributed by atoms with Gasteiger partial charge in [-0.2, -0.15) is 0 Å². The molecule has 110 valence electrons. The maximum atomic E-state index is 10.9. The quantitative estimate of drug-likeness (QED) is 0.679. The number of aliphatic hydroxyl groups is 2. The van der Waals surface area contributed by atoms with Crippen LogP contribution in [-0.4, -0.2) is 60.4 Å². The Morgan fingerprint density at radius 3 is 2.20 bits per heavy atom. The van der Waals surface area contributed by atoms with Crippen molar-refractivity contribution >= 4 is 11.6 Å². The summed E-state index contributed by atoms with van der Waals surface area (Å²) < 4.78 is 0. The predicted octanol–water partition coefficient (Wildman–Crippen LogP) is -0.682. The van der Waals surface area contributed by atoms with E-state index in [1.54, 1.807) is 12.1 Å². The number of piperazine rings is 1. The molecule has 1 heterocycles. The molecule has 2 rings (SSSR count). The fourth-order valence-electron chi connectivity index (χ4n) is 2.28. The van der Waals surface area contributed by atoms with Gasteiger partial charge in [0.25, 0.3) is 0 Å². The summed E-state index contributed by atoms with van der Waals surface area (Å²) in [6.45, 7) is 3.96. The molecule has 1 aromatic carbocycles. The molecular weight excluding hydrogens is 258 g/mol. The van der Waals surface area contributed by atoms with Gasteiger partial charge >= 0.3 is 0 Å². The number of anilines is 1. The first-order valence-corrected chi connectivity index (χ1v) is 6.68. The molecule has 6 nitrogen and oxygen atoms in total. The van der Waals surface area contributed by atoms with Crippen LogP contribution in [0.1, 0.15) is 11.7 Å². The van der Waals surface area contributed by atoms with E-state index >= 15 is 0 Å². The van der Waals surface area contributed by atoms with E-state index in [0.717, 1.165) is 31.9 Å². The number of hydrogen-bond acceptors (Lipinski definition) is 5. The van der Waals surface area contributed by atoms with E-state index in [9.17, 15) is 15.0 Å². The third-order valence-electron chi connectivity index (χ3n) is 3.69. The van der Waals surface area contributed by atoms with Crippen molar-refractivity contribution < 1.29 is 15.0 Å². The van der Waals surface area contributed by atoms with Crippen molar-refractivity contribution in [3.63, 3.8) is 0 Å². The van der Waals surface area contributed by atoms with Crippen LogP contribution in [0.4, 0.5) is 5.69 Å². The Bertz CT molecular complexity index is 455. The third kappa shape index (κ3) is 3.27. The lowest BCUT2D eigenvalue weighted by molar-refractivity contribution is -0.131. The molecule has 0 bridgehead atoms. The summed E-state index contributed by atoms with van der Waals surface area (Å²) in [7, 11) is 2.10. The van der Waals surface area contributed by atoms with Gasteiger partial charge in [-0.1, -0.05) is 12.1 Å². The van der Waals surface area contributed by atoms with Crippen LogP contribution in [0.15, 0.2) is 24.3 Å². The van der Waals surface area contributed by atoms with Crippen molar-refractivity contribution in [3.05, 3.63) is 29.8 Å². The zero-order valence-electron chi connectivity index (χ0n) is 11.6. The number of nitrogens with zero attached hydrogens (tertiary/aromatic N) is 2. The van der Waals surface area contributed by atoms with Crippen LogP contribution in [0.25, 0.3) is 0 Å². The second-order valence-electron chi connectivity index (χ2n) is 5.17.